The lowest BCUT2D eigenvalue weighted by Gasteiger charge is -2.32. The predicted molar refractivity (Wildman–Crippen MR) is 114 cm³/mol. The van der Waals surface area contributed by atoms with Crippen molar-refractivity contribution in [1.29, 1.82) is 0 Å². The molecule has 9 heteroatoms. The minimum atomic E-state index is -0.358. The Bertz CT molecular complexity index is 930. The van der Waals surface area contributed by atoms with Crippen LogP contribution in [0.3, 0.4) is 0 Å². The van der Waals surface area contributed by atoms with Gasteiger partial charge in [0, 0.05) is 43.0 Å². The van der Waals surface area contributed by atoms with Crippen LogP contribution in [0.15, 0.2) is 42.5 Å². The van der Waals surface area contributed by atoms with Crippen molar-refractivity contribution in [2.75, 3.05) is 36.9 Å². The smallest absolute Gasteiger partial charge is 0.321 e. The molecule has 0 radical (unpaired) electrons. The highest BCUT2D eigenvalue weighted by molar-refractivity contribution is 5.90. The summed E-state index contributed by atoms with van der Waals surface area (Å²) < 4.78 is 24.2. The van der Waals surface area contributed by atoms with Crippen molar-refractivity contribution < 1.29 is 23.5 Å². The quantitative estimate of drug-likeness (QED) is 0.693. The molecule has 2 heterocycles. The van der Waals surface area contributed by atoms with Crippen molar-refractivity contribution in [2.24, 2.45) is 0 Å². The van der Waals surface area contributed by atoms with Crippen LogP contribution in [0.2, 0.25) is 0 Å². The molecule has 1 fully saturated rings. The third kappa shape index (κ3) is 5.56. The summed E-state index contributed by atoms with van der Waals surface area (Å²) in [7, 11) is 0. The van der Waals surface area contributed by atoms with Gasteiger partial charge in [0.2, 0.25) is 0 Å². The van der Waals surface area contributed by atoms with Gasteiger partial charge >= 0.3 is 12.1 Å². The van der Waals surface area contributed by atoms with Crippen molar-refractivity contribution in [3.63, 3.8) is 0 Å². The van der Waals surface area contributed by atoms with Crippen molar-refractivity contribution in [3.05, 3.63) is 48.3 Å². The van der Waals surface area contributed by atoms with Crippen LogP contribution in [0.4, 0.5) is 25.4 Å². The number of rotatable bonds is 3. The molecule has 0 bridgehead atoms. The fourth-order valence-electron chi connectivity index (χ4n) is 3.56. The number of amides is 4. The molecule has 0 spiro atoms. The lowest BCUT2D eigenvalue weighted by atomic mass is 10.1. The van der Waals surface area contributed by atoms with Crippen molar-refractivity contribution >= 4 is 23.4 Å². The second-order valence-electron chi connectivity index (χ2n) is 7.51. The third-order valence-corrected chi connectivity index (χ3v) is 5.22. The highest BCUT2D eigenvalue weighted by Gasteiger charge is 2.24. The average molecular weight is 428 g/mol. The van der Waals surface area contributed by atoms with Crippen molar-refractivity contribution in [1.82, 2.24) is 10.2 Å². The van der Waals surface area contributed by atoms with Gasteiger partial charge < -0.3 is 30.3 Å². The van der Waals surface area contributed by atoms with Crippen LogP contribution in [-0.2, 0) is 0 Å². The third-order valence-electron chi connectivity index (χ3n) is 5.22. The van der Waals surface area contributed by atoms with Gasteiger partial charge in [-0.2, -0.15) is 0 Å². The minimum Gasteiger partial charge on any atom is -0.490 e. The van der Waals surface area contributed by atoms with Gasteiger partial charge in [0.25, 0.3) is 0 Å². The van der Waals surface area contributed by atoms with E-state index in [1.807, 2.05) is 0 Å². The number of nitrogens with zero attached hydrogens (tertiary/aromatic N) is 1. The van der Waals surface area contributed by atoms with Crippen LogP contribution in [0.5, 0.6) is 11.5 Å². The standard InChI is InChI=1S/C22H25FN4O4/c23-15-2-4-16(5-3-15)24-21(28)25-17-8-10-27(11-9-17)22(29)26-18-6-7-19-20(14-18)31-13-1-12-30-19/h2-7,14,17H,1,8-13H2,(H,26,29)(H2,24,25,28). The number of nitrogens with one attached hydrogen (secondary N) is 3. The summed E-state index contributed by atoms with van der Waals surface area (Å²) in [6.45, 7) is 2.25. The van der Waals surface area contributed by atoms with Gasteiger partial charge in [-0.25, -0.2) is 14.0 Å². The van der Waals surface area contributed by atoms with E-state index in [0.29, 0.717) is 62.0 Å². The number of carbonyl (C=O) groups is 2. The van der Waals surface area contributed by atoms with Gasteiger partial charge in [0.15, 0.2) is 11.5 Å². The van der Waals surface area contributed by atoms with Crippen LogP contribution >= 0.6 is 0 Å². The zero-order chi connectivity index (χ0) is 21.6. The summed E-state index contributed by atoms with van der Waals surface area (Å²) in [4.78, 5) is 26.5. The first-order valence-electron chi connectivity index (χ1n) is 10.4. The minimum absolute atomic E-state index is 0.0393. The molecule has 4 amide bonds. The van der Waals surface area contributed by atoms with E-state index >= 15 is 0 Å². The van der Waals surface area contributed by atoms with Gasteiger partial charge in [-0.05, 0) is 49.2 Å². The first-order valence-corrected chi connectivity index (χ1v) is 10.4. The highest BCUT2D eigenvalue weighted by atomic mass is 19.1. The van der Waals surface area contributed by atoms with Crippen molar-refractivity contribution in [2.45, 2.75) is 25.3 Å². The molecule has 31 heavy (non-hydrogen) atoms. The first-order chi connectivity index (χ1) is 15.1. The second-order valence-corrected chi connectivity index (χ2v) is 7.51. The Balaban J connectivity index is 1.24. The molecule has 4 rings (SSSR count). The molecule has 0 unspecified atom stereocenters. The molecule has 0 aromatic heterocycles. The van der Waals surface area contributed by atoms with E-state index in [1.54, 1.807) is 23.1 Å². The number of anilines is 2. The maximum absolute atomic E-state index is 12.9. The monoisotopic (exact) mass is 428 g/mol. The molecular weight excluding hydrogens is 403 g/mol. The Morgan fingerprint density at radius 2 is 1.58 bits per heavy atom. The predicted octanol–water partition coefficient (Wildman–Crippen LogP) is 3.81. The maximum Gasteiger partial charge on any atom is 0.321 e. The van der Waals surface area contributed by atoms with Crippen LogP contribution in [0.1, 0.15) is 19.3 Å². The SMILES string of the molecule is O=C(Nc1ccc(F)cc1)NC1CCN(C(=O)Nc2ccc3c(c2)OCCCO3)CC1. The number of halogens is 1. The van der Waals surface area contributed by atoms with E-state index < -0.39 is 0 Å². The normalized spacial score (nSPS) is 16.2. The summed E-state index contributed by atoms with van der Waals surface area (Å²) in [6.07, 6.45) is 2.11. The summed E-state index contributed by atoms with van der Waals surface area (Å²) in [6, 6.07) is 10.4. The van der Waals surface area contributed by atoms with Crippen molar-refractivity contribution in [3.8, 4) is 11.5 Å². The number of hydrogen-bond acceptors (Lipinski definition) is 4. The largest absolute Gasteiger partial charge is 0.490 e. The second kappa shape index (κ2) is 9.55. The van der Waals surface area contributed by atoms with E-state index in [0.717, 1.165) is 6.42 Å². The molecule has 1 saturated heterocycles. The van der Waals surface area contributed by atoms with Crippen LogP contribution in [0.25, 0.3) is 0 Å². The number of piperidine rings is 1. The summed E-state index contributed by atoms with van der Waals surface area (Å²) in [5.74, 6) is 0.954. The Hall–Kier alpha value is -3.49. The zero-order valence-corrected chi connectivity index (χ0v) is 17.0. The fraction of sp³-hybridized carbons (Fsp3) is 0.364. The van der Waals surface area contributed by atoms with Gasteiger partial charge in [0.05, 0.1) is 13.2 Å². The molecular formula is C22H25FN4O4. The van der Waals surface area contributed by atoms with Crippen LogP contribution in [-0.4, -0.2) is 49.3 Å². The Morgan fingerprint density at radius 1 is 0.903 bits per heavy atom. The lowest BCUT2D eigenvalue weighted by molar-refractivity contribution is 0.189. The summed E-state index contributed by atoms with van der Waals surface area (Å²) in [5, 5.41) is 8.48. The number of ether oxygens (including phenoxy) is 2. The van der Waals surface area contributed by atoms with Gasteiger partial charge in [-0.3, -0.25) is 0 Å². The number of hydrogen-bond donors (Lipinski definition) is 3. The van der Waals surface area contributed by atoms with E-state index in [1.165, 1.54) is 24.3 Å². The van der Waals surface area contributed by atoms with Gasteiger partial charge in [0.1, 0.15) is 5.82 Å². The number of benzene rings is 2. The van der Waals surface area contributed by atoms with E-state index in [9.17, 15) is 14.0 Å². The molecule has 2 aliphatic rings. The van der Waals surface area contributed by atoms with E-state index in [-0.39, 0.29) is 23.9 Å². The summed E-state index contributed by atoms with van der Waals surface area (Å²) in [5.41, 5.74) is 1.17. The molecule has 164 valence electrons. The van der Waals surface area contributed by atoms with E-state index in [2.05, 4.69) is 16.0 Å². The average Bonchev–Trinajstić information content (AvgIpc) is 3.01. The molecule has 8 nitrogen and oxygen atoms in total. The lowest BCUT2D eigenvalue weighted by Crippen LogP contribution is -2.48. The zero-order valence-electron chi connectivity index (χ0n) is 17.0. The Kier molecular flexibility index (Phi) is 6.40. The summed E-state index contributed by atoms with van der Waals surface area (Å²) >= 11 is 0. The number of likely N-dealkylation sites (tertiary alicyclic amines) is 1. The Labute approximate surface area is 179 Å². The molecule has 2 aromatic rings. The Morgan fingerprint density at radius 3 is 2.32 bits per heavy atom. The fourth-order valence-corrected chi connectivity index (χ4v) is 3.56. The number of carbonyl (C=O) groups excluding carboxylic acids is 2. The van der Waals surface area contributed by atoms with Crippen LogP contribution in [0, 0.1) is 5.82 Å². The van der Waals surface area contributed by atoms with Gasteiger partial charge in [-0.1, -0.05) is 0 Å². The topological polar surface area (TPSA) is 91.9 Å². The highest BCUT2D eigenvalue weighted by Crippen LogP contribution is 2.32. The van der Waals surface area contributed by atoms with E-state index in [4.69, 9.17) is 9.47 Å². The number of fused-ring (bicyclic) bond motifs is 1. The number of urea groups is 2. The molecule has 0 aliphatic carbocycles. The van der Waals surface area contributed by atoms with Gasteiger partial charge in [-0.15, -0.1) is 0 Å². The maximum atomic E-state index is 12.9. The molecule has 0 saturated carbocycles. The molecule has 2 aromatic carbocycles. The van der Waals surface area contributed by atoms with Crippen LogP contribution < -0.4 is 25.4 Å². The first kappa shape index (κ1) is 20.8. The molecule has 2 aliphatic heterocycles. The molecule has 0 atom stereocenters. The molecule has 3 N–H and O–H groups in total.